The monoisotopic (exact) mass is 536 g/mol. The third kappa shape index (κ3) is 3.47. The molecule has 1 heteroatoms. The molecular formula is C41H28O. The van der Waals surface area contributed by atoms with Gasteiger partial charge in [0, 0.05) is 11.1 Å². The lowest BCUT2D eigenvalue weighted by molar-refractivity contribution is 0.103. The number of aryl methyl sites for hydroxylation is 2. The Hall–Kier alpha value is -5.01. The zero-order chi connectivity index (χ0) is 27.8. The number of hydrogen-bond acceptors (Lipinski definition) is 1. The molecule has 0 saturated heterocycles. The molecule has 6 aromatic carbocycles. The molecule has 0 saturated carbocycles. The van der Waals surface area contributed by atoms with E-state index in [0.717, 1.165) is 59.1 Å². The molecule has 0 spiro atoms. The molecule has 198 valence electrons. The van der Waals surface area contributed by atoms with Crippen molar-refractivity contribution in [3.63, 3.8) is 0 Å². The van der Waals surface area contributed by atoms with Gasteiger partial charge < -0.3 is 0 Å². The van der Waals surface area contributed by atoms with Gasteiger partial charge in [-0.3, -0.25) is 4.79 Å². The van der Waals surface area contributed by atoms with Gasteiger partial charge in [-0.2, -0.15) is 0 Å². The van der Waals surface area contributed by atoms with Crippen LogP contribution < -0.4 is 0 Å². The highest BCUT2D eigenvalue weighted by Gasteiger charge is 2.26. The fourth-order valence-electron chi connectivity index (χ4n) is 7.62. The SMILES string of the molecule is O=C1c2cc(-c3cccc4c3Cc3ccccc3-4)ccc2CCc2ccc(-c3cccc4c3Cc3ccccc3-4)cc21. The summed E-state index contributed by atoms with van der Waals surface area (Å²) in [5, 5.41) is 0. The van der Waals surface area contributed by atoms with Crippen LogP contribution in [0.1, 0.15) is 49.3 Å². The van der Waals surface area contributed by atoms with Crippen molar-refractivity contribution in [2.75, 3.05) is 0 Å². The molecule has 0 heterocycles. The van der Waals surface area contributed by atoms with Crippen molar-refractivity contribution in [1.82, 2.24) is 0 Å². The van der Waals surface area contributed by atoms with E-state index in [1.807, 2.05) is 0 Å². The number of hydrogen-bond donors (Lipinski definition) is 0. The fraction of sp³-hybridized carbons (Fsp3) is 0.0976. The molecule has 0 unspecified atom stereocenters. The molecular weight excluding hydrogens is 508 g/mol. The second-order valence-electron chi connectivity index (χ2n) is 11.9. The van der Waals surface area contributed by atoms with Gasteiger partial charge in [-0.05, 0) is 116 Å². The summed E-state index contributed by atoms with van der Waals surface area (Å²) < 4.78 is 0. The number of ketones is 1. The topological polar surface area (TPSA) is 17.1 Å². The Bertz CT molecular complexity index is 1960. The van der Waals surface area contributed by atoms with Crippen LogP contribution in [-0.2, 0) is 25.7 Å². The lowest BCUT2D eigenvalue weighted by Gasteiger charge is -2.13. The average Bonchev–Trinajstić information content (AvgIpc) is 3.58. The van der Waals surface area contributed by atoms with Crippen molar-refractivity contribution in [2.24, 2.45) is 0 Å². The van der Waals surface area contributed by atoms with Gasteiger partial charge in [-0.25, -0.2) is 0 Å². The van der Waals surface area contributed by atoms with Crippen LogP contribution in [0, 0.1) is 0 Å². The molecule has 0 bridgehead atoms. The third-order valence-electron chi connectivity index (χ3n) is 9.70. The lowest BCUT2D eigenvalue weighted by atomic mass is 9.89. The first kappa shape index (κ1) is 23.7. The molecule has 3 aliphatic carbocycles. The summed E-state index contributed by atoms with van der Waals surface area (Å²) in [6, 6.07) is 43.8. The van der Waals surface area contributed by atoms with E-state index < -0.39 is 0 Å². The molecule has 0 N–H and O–H groups in total. The Labute approximate surface area is 246 Å². The Morgan fingerprint density at radius 3 is 1.29 bits per heavy atom. The van der Waals surface area contributed by atoms with Crippen LogP contribution in [0.15, 0.2) is 121 Å². The van der Waals surface area contributed by atoms with E-state index >= 15 is 0 Å². The normalized spacial score (nSPS) is 13.9. The number of fused-ring (bicyclic) bond motifs is 8. The Balaban J connectivity index is 1.13. The van der Waals surface area contributed by atoms with Crippen LogP contribution in [0.25, 0.3) is 44.5 Å². The highest BCUT2D eigenvalue weighted by molar-refractivity contribution is 6.12. The van der Waals surface area contributed by atoms with Gasteiger partial charge in [0.25, 0.3) is 0 Å². The van der Waals surface area contributed by atoms with Gasteiger partial charge in [0.2, 0.25) is 0 Å². The van der Waals surface area contributed by atoms with E-state index in [1.165, 1.54) is 55.6 Å². The third-order valence-corrected chi connectivity index (χ3v) is 9.70. The minimum absolute atomic E-state index is 0.146. The van der Waals surface area contributed by atoms with Crippen molar-refractivity contribution >= 4 is 5.78 Å². The van der Waals surface area contributed by atoms with Crippen LogP contribution in [0.2, 0.25) is 0 Å². The lowest BCUT2D eigenvalue weighted by Crippen LogP contribution is -2.05. The van der Waals surface area contributed by atoms with Gasteiger partial charge in [0.1, 0.15) is 0 Å². The van der Waals surface area contributed by atoms with Crippen LogP contribution in [0.3, 0.4) is 0 Å². The molecule has 0 aromatic heterocycles. The summed E-state index contributed by atoms with van der Waals surface area (Å²) >= 11 is 0. The summed E-state index contributed by atoms with van der Waals surface area (Å²) in [4.78, 5) is 14.3. The highest BCUT2D eigenvalue weighted by atomic mass is 16.1. The number of carbonyl (C=O) groups excluding carboxylic acids is 1. The maximum Gasteiger partial charge on any atom is 0.193 e. The Morgan fingerprint density at radius 1 is 0.357 bits per heavy atom. The van der Waals surface area contributed by atoms with Gasteiger partial charge in [0.05, 0.1) is 0 Å². The Morgan fingerprint density at radius 2 is 0.786 bits per heavy atom. The predicted molar refractivity (Wildman–Crippen MR) is 171 cm³/mol. The van der Waals surface area contributed by atoms with Gasteiger partial charge in [-0.1, -0.05) is 109 Å². The van der Waals surface area contributed by atoms with Crippen molar-refractivity contribution < 1.29 is 4.79 Å². The van der Waals surface area contributed by atoms with E-state index in [0.29, 0.717) is 0 Å². The van der Waals surface area contributed by atoms with E-state index in [1.54, 1.807) is 0 Å². The molecule has 1 nitrogen and oxygen atoms in total. The summed E-state index contributed by atoms with van der Waals surface area (Å²) in [5.41, 5.74) is 19.5. The molecule has 6 aromatic rings. The van der Waals surface area contributed by atoms with Crippen molar-refractivity contribution in [2.45, 2.75) is 25.7 Å². The fourth-order valence-corrected chi connectivity index (χ4v) is 7.62. The smallest absolute Gasteiger partial charge is 0.193 e. The quantitative estimate of drug-likeness (QED) is 0.215. The van der Waals surface area contributed by atoms with Crippen molar-refractivity contribution in [3.8, 4) is 44.5 Å². The van der Waals surface area contributed by atoms with E-state index in [9.17, 15) is 4.79 Å². The summed E-state index contributed by atoms with van der Waals surface area (Å²) in [6.45, 7) is 0. The average molecular weight is 537 g/mol. The molecule has 0 fully saturated rings. The largest absolute Gasteiger partial charge is 0.289 e. The highest BCUT2D eigenvalue weighted by Crippen LogP contribution is 2.44. The first-order valence-electron chi connectivity index (χ1n) is 14.9. The molecule has 0 amide bonds. The van der Waals surface area contributed by atoms with Crippen LogP contribution in [0.4, 0.5) is 0 Å². The zero-order valence-electron chi connectivity index (χ0n) is 23.3. The van der Waals surface area contributed by atoms with Crippen LogP contribution in [0.5, 0.6) is 0 Å². The first-order chi connectivity index (χ1) is 20.7. The molecule has 3 aliphatic rings. The summed E-state index contributed by atoms with van der Waals surface area (Å²) in [6.07, 6.45) is 3.62. The van der Waals surface area contributed by atoms with Gasteiger partial charge >= 0.3 is 0 Å². The second kappa shape index (κ2) is 8.99. The van der Waals surface area contributed by atoms with E-state index in [-0.39, 0.29) is 5.78 Å². The number of rotatable bonds is 2. The van der Waals surface area contributed by atoms with Crippen LogP contribution >= 0.6 is 0 Å². The van der Waals surface area contributed by atoms with Crippen molar-refractivity contribution in [3.05, 3.63) is 166 Å². The van der Waals surface area contributed by atoms with Crippen LogP contribution in [-0.4, -0.2) is 5.78 Å². The second-order valence-corrected chi connectivity index (χ2v) is 11.9. The zero-order valence-corrected chi connectivity index (χ0v) is 23.3. The number of benzene rings is 6. The minimum atomic E-state index is 0.146. The minimum Gasteiger partial charge on any atom is -0.289 e. The standard InChI is InChI=1S/C41H28O/c42-41-37-21-29(33-11-5-13-35-31-9-3-1-7-27(31)23-39(33)35)19-17-25(37)15-16-26-18-20-30(22-38(26)41)34-12-6-14-36-32-10-4-2-8-28(32)24-40(34)36/h1-14,17-22H,15-16,23-24H2. The molecule has 0 aliphatic heterocycles. The maximum absolute atomic E-state index is 14.3. The molecule has 9 rings (SSSR count). The molecule has 0 radical (unpaired) electrons. The maximum atomic E-state index is 14.3. The van der Waals surface area contributed by atoms with Gasteiger partial charge in [0.15, 0.2) is 5.78 Å². The van der Waals surface area contributed by atoms with Gasteiger partial charge in [-0.15, -0.1) is 0 Å². The van der Waals surface area contributed by atoms with E-state index in [4.69, 9.17) is 0 Å². The first-order valence-corrected chi connectivity index (χ1v) is 14.9. The number of carbonyl (C=O) groups is 1. The Kier molecular flexibility index (Phi) is 5.07. The predicted octanol–water partition coefficient (Wildman–Crippen LogP) is 9.49. The summed E-state index contributed by atoms with van der Waals surface area (Å²) in [5.74, 6) is 0.146. The molecule has 0 atom stereocenters. The molecule has 42 heavy (non-hydrogen) atoms. The van der Waals surface area contributed by atoms with E-state index in [2.05, 4.69) is 121 Å². The van der Waals surface area contributed by atoms with Crippen molar-refractivity contribution in [1.29, 1.82) is 0 Å². The summed E-state index contributed by atoms with van der Waals surface area (Å²) in [7, 11) is 0.